The highest BCUT2D eigenvalue weighted by atomic mass is 35.5. The van der Waals surface area contributed by atoms with Crippen molar-refractivity contribution in [3.8, 4) is 11.1 Å². The number of halogens is 1. The number of amides is 2. The smallest absolute Gasteiger partial charge is 0.408 e. The van der Waals surface area contributed by atoms with Crippen LogP contribution < -0.4 is 0 Å². The van der Waals surface area contributed by atoms with E-state index in [1.54, 1.807) is 4.90 Å². The summed E-state index contributed by atoms with van der Waals surface area (Å²) in [7, 11) is 0. The zero-order chi connectivity index (χ0) is 23.8. The maximum Gasteiger partial charge on any atom is 0.408 e. The molecule has 8 heteroatoms. The molecule has 2 aromatic carbocycles. The SMILES string of the molecule is CC(C)(C)N(Cc1cc2cc(-c3ccc(C(=O)N4CCOCC4)cc3)cc(Cl)c2o1)C(=O)O. The molecule has 0 bridgehead atoms. The van der Waals surface area contributed by atoms with E-state index in [1.807, 2.05) is 63.2 Å². The lowest BCUT2D eigenvalue weighted by atomic mass is 10.0. The molecule has 0 radical (unpaired) electrons. The van der Waals surface area contributed by atoms with E-state index in [4.69, 9.17) is 20.8 Å². The molecule has 0 spiro atoms. The summed E-state index contributed by atoms with van der Waals surface area (Å²) in [5.74, 6) is 0.521. The fraction of sp³-hybridized carbons (Fsp3) is 0.360. The molecule has 2 amide bonds. The Bertz CT molecular complexity index is 1170. The molecule has 1 N–H and O–H groups in total. The maximum atomic E-state index is 12.7. The number of hydrogen-bond donors (Lipinski definition) is 1. The molecular weight excluding hydrogens is 444 g/mol. The van der Waals surface area contributed by atoms with Crippen molar-refractivity contribution in [1.29, 1.82) is 0 Å². The molecule has 0 saturated carbocycles. The predicted molar refractivity (Wildman–Crippen MR) is 127 cm³/mol. The minimum Gasteiger partial charge on any atom is -0.465 e. The van der Waals surface area contributed by atoms with E-state index >= 15 is 0 Å². The fourth-order valence-electron chi connectivity index (χ4n) is 3.91. The summed E-state index contributed by atoms with van der Waals surface area (Å²) < 4.78 is 11.2. The third kappa shape index (κ3) is 4.99. The van der Waals surface area contributed by atoms with Gasteiger partial charge in [-0.2, -0.15) is 0 Å². The van der Waals surface area contributed by atoms with Gasteiger partial charge in [-0.05, 0) is 62.2 Å². The number of carboxylic acid groups (broad SMARTS) is 1. The Morgan fingerprint density at radius 2 is 1.73 bits per heavy atom. The fourth-order valence-corrected chi connectivity index (χ4v) is 4.18. The molecule has 7 nitrogen and oxygen atoms in total. The molecule has 0 atom stereocenters. The molecule has 1 aromatic heterocycles. The number of fused-ring (bicyclic) bond motifs is 1. The van der Waals surface area contributed by atoms with Gasteiger partial charge in [0.25, 0.3) is 5.91 Å². The second-order valence-corrected chi connectivity index (χ2v) is 9.52. The van der Waals surface area contributed by atoms with E-state index in [1.165, 1.54) is 4.90 Å². The average Bonchev–Trinajstić information content (AvgIpc) is 3.20. The minimum atomic E-state index is -1.01. The summed E-state index contributed by atoms with van der Waals surface area (Å²) in [5.41, 5.74) is 2.39. The highest BCUT2D eigenvalue weighted by Crippen LogP contribution is 2.34. The topological polar surface area (TPSA) is 83.2 Å². The number of furan rings is 1. The van der Waals surface area contributed by atoms with Crippen LogP contribution in [0.25, 0.3) is 22.1 Å². The van der Waals surface area contributed by atoms with Gasteiger partial charge in [0.2, 0.25) is 0 Å². The van der Waals surface area contributed by atoms with E-state index < -0.39 is 11.6 Å². The molecular formula is C25H27ClN2O5. The number of rotatable bonds is 4. The number of ether oxygens (including phenoxy) is 1. The van der Waals surface area contributed by atoms with Gasteiger partial charge >= 0.3 is 6.09 Å². The Labute approximate surface area is 197 Å². The first-order valence-corrected chi connectivity index (χ1v) is 11.2. The van der Waals surface area contributed by atoms with Crippen molar-refractivity contribution in [3.63, 3.8) is 0 Å². The van der Waals surface area contributed by atoms with Gasteiger partial charge in [0, 0.05) is 29.6 Å². The minimum absolute atomic E-state index is 0.000330. The van der Waals surface area contributed by atoms with Crippen molar-refractivity contribution < 1.29 is 23.8 Å². The van der Waals surface area contributed by atoms with E-state index in [9.17, 15) is 14.7 Å². The summed E-state index contributed by atoms with van der Waals surface area (Å²) in [6.07, 6.45) is -1.01. The van der Waals surface area contributed by atoms with Crippen molar-refractivity contribution in [3.05, 3.63) is 58.8 Å². The van der Waals surface area contributed by atoms with Crippen LogP contribution in [0.4, 0.5) is 4.79 Å². The first kappa shape index (κ1) is 23.1. The number of carbonyl (C=O) groups is 2. The van der Waals surface area contributed by atoms with Crippen LogP contribution in [0.1, 0.15) is 36.9 Å². The number of morpholine rings is 1. The molecule has 2 heterocycles. The summed E-state index contributed by atoms with van der Waals surface area (Å²) in [6, 6.07) is 13.0. The Morgan fingerprint density at radius 1 is 1.06 bits per heavy atom. The van der Waals surface area contributed by atoms with Crippen LogP contribution in [0.5, 0.6) is 0 Å². The molecule has 1 aliphatic rings. The number of carbonyl (C=O) groups excluding carboxylic acids is 1. The van der Waals surface area contributed by atoms with Crippen LogP contribution in [0, 0.1) is 0 Å². The van der Waals surface area contributed by atoms with Gasteiger partial charge in [-0.25, -0.2) is 4.79 Å². The van der Waals surface area contributed by atoms with Crippen molar-refractivity contribution in [2.45, 2.75) is 32.9 Å². The maximum absolute atomic E-state index is 12.7. The van der Waals surface area contributed by atoms with Crippen LogP contribution in [0.3, 0.4) is 0 Å². The third-order valence-electron chi connectivity index (χ3n) is 5.74. The lowest BCUT2D eigenvalue weighted by Gasteiger charge is -2.32. The summed E-state index contributed by atoms with van der Waals surface area (Å²) in [5, 5.41) is 10.8. The van der Waals surface area contributed by atoms with Crippen LogP contribution >= 0.6 is 11.6 Å². The van der Waals surface area contributed by atoms with E-state index in [2.05, 4.69) is 0 Å². The Balaban J connectivity index is 1.58. The van der Waals surface area contributed by atoms with Gasteiger partial charge < -0.3 is 19.2 Å². The Kier molecular flexibility index (Phi) is 6.36. The zero-order valence-electron chi connectivity index (χ0n) is 18.9. The molecule has 1 saturated heterocycles. The standard InChI is InChI=1S/C25H27ClN2O5/c1-25(2,3)28(24(30)31)15-20-13-19-12-18(14-21(26)22(19)33-20)16-4-6-17(7-5-16)23(29)27-8-10-32-11-9-27/h4-7,12-14H,8-11,15H2,1-3H3,(H,30,31). The first-order chi connectivity index (χ1) is 15.6. The lowest BCUT2D eigenvalue weighted by Crippen LogP contribution is -2.44. The van der Waals surface area contributed by atoms with Crippen molar-refractivity contribution in [1.82, 2.24) is 9.80 Å². The third-order valence-corrected chi connectivity index (χ3v) is 6.02. The second kappa shape index (κ2) is 9.08. The monoisotopic (exact) mass is 470 g/mol. The van der Waals surface area contributed by atoms with Gasteiger partial charge in [-0.15, -0.1) is 0 Å². The predicted octanol–water partition coefficient (Wildman–Crippen LogP) is 5.50. The molecule has 174 valence electrons. The van der Waals surface area contributed by atoms with Crippen molar-refractivity contribution in [2.75, 3.05) is 26.3 Å². The van der Waals surface area contributed by atoms with Crippen LogP contribution in [0.15, 0.2) is 46.9 Å². The second-order valence-electron chi connectivity index (χ2n) is 9.11. The number of hydrogen-bond acceptors (Lipinski definition) is 4. The van der Waals surface area contributed by atoms with Crippen molar-refractivity contribution in [2.24, 2.45) is 0 Å². The first-order valence-electron chi connectivity index (χ1n) is 10.8. The van der Waals surface area contributed by atoms with Gasteiger partial charge in [0.1, 0.15) is 5.76 Å². The molecule has 3 aromatic rings. The summed E-state index contributed by atoms with van der Waals surface area (Å²) in [4.78, 5) is 27.5. The van der Waals surface area contributed by atoms with Gasteiger partial charge in [-0.1, -0.05) is 23.7 Å². The molecule has 1 fully saturated rings. The highest BCUT2D eigenvalue weighted by Gasteiger charge is 2.27. The largest absolute Gasteiger partial charge is 0.465 e. The average molecular weight is 471 g/mol. The number of benzene rings is 2. The van der Waals surface area contributed by atoms with Gasteiger partial charge in [0.15, 0.2) is 5.58 Å². The summed E-state index contributed by atoms with van der Waals surface area (Å²) >= 11 is 6.50. The van der Waals surface area contributed by atoms with E-state index in [0.29, 0.717) is 48.2 Å². The van der Waals surface area contributed by atoms with E-state index in [-0.39, 0.29) is 12.5 Å². The van der Waals surface area contributed by atoms with Crippen LogP contribution in [-0.4, -0.2) is 58.7 Å². The van der Waals surface area contributed by atoms with Crippen molar-refractivity contribution >= 4 is 34.6 Å². The highest BCUT2D eigenvalue weighted by molar-refractivity contribution is 6.35. The molecule has 1 aliphatic heterocycles. The Hall–Kier alpha value is -3.03. The molecule has 0 aliphatic carbocycles. The normalized spacial score (nSPS) is 14.5. The molecule has 0 unspecified atom stereocenters. The molecule has 33 heavy (non-hydrogen) atoms. The quantitative estimate of drug-likeness (QED) is 0.544. The van der Waals surface area contributed by atoms with Crippen LogP contribution in [0.2, 0.25) is 5.02 Å². The van der Waals surface area contributed by atoms with Gasteiger partial charge in [-0.3, -0.25) is 9.69 Å². The number of nitrogens with zero attached hydrogens (tertiary/aromatic N) is 2. The van der Waals surface area contributed by atoms with Crippen LogP contribution in [-0.2, 0) is 11.3 Å². The molecule has 4 rings (SSSR count). The van der Waals surface area contributed by atoms with E-state index in [0.717, 1.165) is 16.5 Å². The van der Waals surface area contributed by atoms with Gasteiger partial charge in [0.05, 0.1) is 24.8 Å². The zero-order valence-corrected chi connectivity index (χ0v) is 19.7. The Morgan fingerprint density at radius 3 is 2.33 bits per heavy atom. The summed E-state index contributed by atoms with van der Waals surface area (Å²) in [6.45, 7) is 7.96. The lowest BCUT2D eigenvalue weighted by molar-refractivity contribution is 0.0303.